The number of amides is 2. The average molecular weight is 563 g/mol. The van der Waals surface area contributed by atoms with Crippen LogP contribution in [0.25, 0.3) is 0 Å². The Bertz CT molecular complexity index is 1150. The molecule has 0 atom stereocenters. The first-order chi connectivity index (χ1) is 16.4. The number of thiocarbonyl (C=S) groups is 1. The third-order valence-corrected chi connectivity index (χ3v) is 5.47. The van der Waals surface area contributed by atoms with Crippen molar-refractivity contribution in [2.24, 2.45) is 0 Å². The Balaban J connectivity index is 1.37. The van der Waals surface area contributed by atoms with Crippen LogP contribution in [0.15, 0.2) is 77.3 Å². The minimum Gasteiger partial charge on any atom is -0.493 e. The number of nitrogens with one attached hydrogen (secondary N) is 3. The molecule has 0 bridgehead atoms. The molecule has 0 aliphatic heterocycles. The molecule has 34 heavy (non-hydrogen) atoms. The summed E-state index contributed by atoms with van der Waals surface area (Å²) in [5.41, 5.74) is 6.40. The van der Waals surface area contributed by atoms with Crippen molar-refractivity contribution in [3.05, 3.63) is 93.4 Å². The van der Waals surface area contributed by atoms with E-state index < -0.39 is 11.8 Å². The summed E-state index contributed by atoms with van der Waals surface area (Å²) in [7, 11) is 0. The molecule has 176 valence electrons. The Hall–Kier alpha value is -3.14. The normalized spacial score (nSPS) is 10.2. The van der Waals surface area contributed by atoms with E-state index in [4.69, 9.17) is 33.3 Å². The first-order valence-corrected chi connectivity index (χ1v) is 11.7. The van der Waals surface area contributed by atoms with Gasteiger partial charge in [0.15, 0.2) is 11.7 Å². The van der Waals surface area contributed by atoms with Gasteiger partial charge in [-0.1, -0.05) is 41.9 Å². The van der Waals surface area contributed by atoms with Crippen LogP contribution in [0.1, 0.15) is 15.9 Å². The third-order valence-electron chi connectivity index (χ3n) is 4.41. The van der Waals surface area contributed by atoms with Crippen molar-refractivity contribution in [1.82, 2.24) is 16.2 Å². The van der Waals surface area contributed by atoms with Gasteiger partial charge in [0, 0.05) is 17.0 Å². The highest BCUT2D eigenvalue weighted by atomic mass is 79.9. The Morgan fingerprint density at radius 1 is 0.941 bits per heavy atom. The lowest BCUT2D eigenvalue weighted by Crippen LogP contribution is -2.49. The van der Waals surface area contributed by atoms with Gasteiger partial charge in [0.2, 0.25) is 0 Å². The van der Waals surface area contributed by atoms with Gasteiger partial charge in [-0.3, -0.25) is 25.8 Å². The Morgan fingerprint density at radius 3 is 2.38 bits per heavy atom. The van der Waals surface area contributed by atoms with Gasteiger partial charge in [-0.15, -0.1) is 0 Å². The SMILES string of the molecule is O=C(COc1ccc(Cl)cc1Br)NNC(=S)NC(=O)c1ccc(OCCc2ccccc2)cc1. The van der Waals surface area contributed by atoms with E-state index in [1.54, 1.807) is 42.5 Å². The molecule has 2 amide bonds. The predicted octanol–water partition coefficient (Wildman–Crippen LogP) is 4.44. The summed E-state index contributed by atoms with van der Waals surface area (Å²) < 4.78 is 11.7. The highest BCUT2D eigenvalue weighted by molar-refractivity contribution is 9.10. The summed E-state index contributed by atoms with van der Waals surface area (Å²) in [6, 6.07) is 21.7. The summed E-state index contributed by atoms with van der Waals surface area (Å²) in [4.78, 5) is 24.3. The van der Waals surface area contributed by atoms with Gasteiger partial charge in [-0.05, 0) is 76.2 Å². The van der Waals surface area contributed by atoms with Crippen molar-refractivity contribution in [1.29, 1.82) is 0 Å². The monoisotopic (exact) mass is 561 g/mol. The van der Waals surface area contributed by atoms with Gasteiger partial charge in [-0.2, -0.15) is 0 Å². The van der Waals surface area contributed by atoms with Crippen LogP contribution in [0.4, 0.5) is 0 Å². The number of hydrogen-bond acceptors (Lipinski definition) is 5. The molecule has 10 heteroatoms. The summed E-state index contributed by atoms with van der Waals surface area (Å²) >= 11 is 14.2. The molecule has 3 rings (SSSR count). The highest BCUT2D eigenvalue weighted by Crippen LogP contribution is 2.27. The van der Waals surface area contributed by atoms with Gasteiger partial charge < -0.3 is 9.47 Å². The van der Waals surface area contributed by atoms with Gasteiger partial charge in [-0.25, -0.2) is 0 Å². The molecule has 0 saturated carbocycles. The van der Waals surface area contributed by atoms with E-state index in [2.05, 4.69) is 32.1 Å². The van der Waals surface area contributed by atoms with Crippen molar-refractivity contribution in [3.63, 3.8) is 0 Å². The Labute approximate surface area is 215 Å². The maximum Gasteiger partial charge on any atom is 0.276 e. The van der Waals surface area contributed by atoms with Crippen LogP contribution in [0.3, 0.4) is 0 Å². The molecule has 0 heterocycles. The van der Waals surface area contributed by atoms with Gasteiger partial charge in [0.1, 0.15) is 11.5 Å². The van der Waals surface area contributed by atoms with Crippen LogP contribution in [-0.2, 0) is 11.2 Å². The van der Waals surface area contributed by atoms with Crippen LogP contribution in [0, 0.1) is 0 Å². The molecule has 0 unspecified atom stereocenters. The second-order valence-corrected chi connectivity index (χ2v) is 8.63. The number of carbonyl (C=O) groups excluding carboxylic acids is 2. The number of halogens is 2. The highest BCUT2D eigenvalue weighted by Gasteiger charge is 2.10. The smallest absolute Gasteiger partial charge is 0.276 e. The number of carbonyl (C=O) groups is 2. The van der Waals surface area contributed by atoms with E-state index in [0.717, 1.165) is 6.42 Å². The molecule has 0 aromatic heterocycles. The van der Waals surface area contributed by atoms with Crippen molar-refractivity contribution < 1.29 is 19.1 Å². The zero-order chi connectivity index (χ0) is 24.3. The van der Waals surface area contributed by atoms with E-state index in [-0.39, 0.29) is 11.7 Å². The van der Waals surface area contributed by atoms with Crippen LogP contribution in [0.5, 0.6) is 11.5 Å². The Morgan fingerprint density at radius 2 is 1.68 bits per heavy atom. The number of hydrazine groups is 1. The standard InChI is InChI=1S/C24H21BrClN3O4S/c25-20-14-18(26)8-11-21(20)33-15-22(30)28-29-24(34)27-23(31)17-6-9-19(10-7-17)32-13-12-16-4-2-1-3-5-16/h1-11,14H,12-13,15H2,(H,28,30)(H2,27,29,31,34). The Kier molecular flexibility index (Phi) is 9.69. The molecule has 0 spiro atoms. The summed E-state index contributed by atoms with van der Waals surface area (Å²) in [5, 5.41) is 2.97. The van der Waals surface area contributed by atoms with E-state index in [1.165, 1.54) is 5.56 Å². The average Bonchev–Trinajstić information content (AvgIpc) is 2.83. The van der Waals surface area contributed by atoms with Crippen LogP contribution in [-0.4, -0.2) is 30.1 Å². The lowest BCUT2D eigenvalue weighted by atomic mass is 10.2. The molecular weight excluding hydrogens is 542 g/mol. The zero-order valence-electron chi connectivity index (χ0n) is 17.8. The molecule has 3 aromatic rings. The lowest BCUT2D eigenvalue weighted by Gasteiger charge is -2.12. The van der Waals surface area contributed by atoms with Gasteiger partial charge >= 0.3 is 0 Å². The van der Waals surface area contributed by atoms with Crippen molar-refractivity contribution in [2.45, 2.75) is 6.42 Å². The third kappa shape index (κ3) is 8.33. The quantitative estimate of drug-likeness (QED) is 0.278. The molecule has 0 aliphatic carbocycles. The van der Waals surface area contributed by atoms with Crippen LogP contribution in [0.2, 0.25) is 5.02 Å². The maximum absolute atomic E-state index is 12.4. The van der Waals surface area contributed by atoms with Gasteiger partial charge in [0.05, 0.1) is 11.1 Å². The minimum absolute atomic E-state index is 0.0609. The fraction of sp³-hybridized carbons (Fsp3) is 0.125. The molecule has 3 aromatic carbocycles. The molecule has 3 N–H and O–H groups in total. The number of benzene rings is 3. The topological polar surface area (TPSA) is 88.7 Å². The van der Waals surface area contributed by atoms with Crippen molar-refractivity contribution >= 4 is 56.7 Å². The van der Waals surface area contributed by atoms with Crippen molar-refractivity contribution in [2.75, 3.05) is 13.2 Å². The minimum atomic E-state index is -0.490. The second kappa shape index (κ2) is 12.9. The number of ether oxygens (including phenoxy) is 2. The van der Waals surface area contributed by atoms with E-state index in [1.807, 2.05) is 30.3 Å². The fourth-order valence-electron chi connectivity index (χ4n) is 2.74. The van der Waals surface area contributed by atoms with Crippen LogP contribution >= 0.6 is 39.7 Å². The zero-order valence-corrected chi connectivity index (χ0v) is 21.0. The first kappa shape index (κ1) is 25.5. The van der Waals surface area contributed by atoms with E-state index in [0.29, 0.717) is 33.2 Å². The summed E-state index contributed by atoms with van der Waals surface area (Å²) in [6.45, 7) is 0.261. The van der Waals surface area contributed by atoms with E-state index in [9.17, 15) is 9.59 Å². The number of hydrogen-bond donors (Lipinski definition) is 3. The predicted molar refractivity (Wildman–Crippen MR) is 138 cm³/mol. The fourth-order valence-corrected chi connectivity index (χ4v) is 3.68. The first-order valence-electron chi connectivity index (χ1n) is 10.2. The van der Waals surface area contributed by atoms with Crippen LogP contribution < -0.4 is 25.6 Å². The molecular formula is C24H21BrClN3O4S. The summed E-state index contributed by atoms with van der Waals surface area (Å²) in [5.74, 6) is 0.204. The molecule has 7 nitrogen and oxygen atoms in total. The maximum atomic E-state index is 12.4. The van der Waals surface area contributed by atoms with E-state index >= 15 is 0 Å². The number of rotatable bonds is 8. The second-order valence-electron chi connectivity index (χ2n) is 6.93. The molecule has 0 fully saturated rings. The van der Waals surface area contributed by atoms with Gasteiger partial charge in [0.25, 0.3) is 11.8 Å². The largest absolute Gasteiger partial charge is 0.493 e. The van der Waals surface area contributed by atoms with Crippen molar-refractivity contribution in [3.8, 4) is 11.5 Å². The summed E-state index contributed by atoms with van der Waals surface area (Å²) in [6.07, 6.45) is 0.788. The lowest BCUT2D eigenvalue weighted by molar-refractivity contribution is -0.123. The molecule has 0 saturated heterocycles. The molecule has 0 aliphatic rings. The molecule has 0 radical (unpaired) electrons.